The maximum atomic E-state index is 12.4. The van der Waals surface area contributed by atoms with Gasteiger partial charge in [-0.3, -0.25) is 19.3 Å². The van der Waals surface area contributed by atoms with Gasteiger partial charge in [-0.15, -0.1) is 0 Å². The van der Waals surface area contributed by atoms with E-state index in [2.05, 4.69) is 15.4 Å². The summed E-state index contributed by atoms with van der Waals surface area (Å²) >= 11 is 0. The van der Waals surface area contributed by atoms with Crippen LogP contribution < -0.4 is 15.4 Å². The molecule has 0 radical (unpaired) electrons. The molecule has 0 bridgehead atoms. The summed E-state index contributed by atoms with van der Waals surface area (Å²) in [4.78, 5) is 48.2. The van der Waals surface area contributed by atoms with Crippen LogP contribution in [-0.4, -0.2) is 61.1 Å². The van der Waals surface area contributed by atoms with Crippen molar-refractivity contribution in [3.8, 4) is 5.75 Å². The largest absolute Gasteiger partial charge is 0.451 e. The van der Waals surface area contributed by atoms with Gasteiger partial charge in [-0.25, -0.2) is 4.79 Å². The number of ether oxygens (including phenoxy) is 2. The van der Waals surface area contributed by atoms with Crippen molar-refractivity contribution in [2.24, 2.45) is 0 Å². The molecule has 0 aliphatic carbocycles. The minimum atomic E-state index is -3.11. The van der Waals surface area contributed by atoms with Gasteiger partial charge in [0.25, 0.3) is 11.8 Å². The van der Waals surface area contributed by atoms with Crippen molar-refractivity contribution in [2.75, 3.05) is 19.6 Å². The van der Waals surface area contributed by atoms with E-state index < -0.39 is 43.1 Å². The highest BCUT2D eigenvalue weighted by Crippen LogP contribution is 2.20. The molecule has 1 heterocycles. The number of hydrogen-bond donors (Lipinski definition) is 2. The Morgan fingerprint density at radius 3 is 2.63 bits per heavy atom. The molecule has 0 spiro atoms. The molecule has 1 aromatic rings. The highest BCUT2D eigenvalue weighted by molar-refractivity contribution is 5.99. The van der Waals surface area contributed by atoms with Crippen molar-refractivity contribution in [1.82, 2.24) is 15.5 Å². The van der Waals surface area contributed by atoms with Crippen LogP contribution in [0, 0.1) is 0 Å². The summed E-state index contributed by atoms with van der Waals surface area (Å²) in [5.74, 6) is -2.81. The van der Waals surface area contributed by atoms with Crippen molar-refractivity contribution in [2.45, 2.75) is 19.6 Å². The molecule has 1 atom stereocenters. The number of amides is 4. The first-order chi connectivity index (χ1) is 12.8. The number of benzene rings is 1. The number of carbonyl (C=O) groups excluding carboxylic acids is 4. The number of urea groups is 1. The van der Waals surface area contributed by atoms with Gasteiger partial charge >= 0.3 is 18.6 Å². The average Bonchev–Trinajstić information content (AvgIpc) is 3.04. The third-order valence-corrected chi connectivity index (χ3v) is 3.52. The molecule has 2 N–H and O–H groups in total. The Bertz CT molecular complexity index is 743. The fourth-order valence-corrected chi connectivity index (χ4v) is 2.29. The molecular weight excluding hydrogens is 368 g/mol. The van der Waals surface area contributed by atoms with Crippen LogP contribution in [-0.2, 0) is 14.3 Å². The maximum Gasteiger partial charge on any atom is 0.387 e. The Labute approximate surface area is 152 Å². The van der Waals surface area contributed by atoms with Crippen LogP contribution >= 0.6 is 0 Å². The molecule has 2 rings (SSSR count). The molecular formula is C16H17F2N3O6. The smallest absolute Gasteiger partial charge is 0.387 e. The normalized spacial score (nSPS) is 14.5. The first kappa shape index (κ1) is 20.1. The monoisotopic (exact) mass is 385 g/mol. The van der Waals surface area contributed by atoms with E-state index in [9.17, 15) is 28.0 Å². The highest BCUT2D eigenvalue weighted by atomic mass is 19.3. The lowest BCUT2D eigenvalue weighted by Gasteiger charge is -2.18. The van der Waals surface area contributed by atoms with Gasteiger partial charge in [0.2, 0.25) is 0 Å². The SMILES string of the molecule is C[C@@H](OC(=O)CNC(=O)c1ccccc1OC(F)F)C(=O)N1CCNC1=O. The fraction of sp³-hybridized carbons (Fsp3) is 0.375. The molecule has 0 aromatic heterocycles. The lowest BCUT2D eigenvalue weighted by atomic mass is 10.2. The van der Waals surface area contributed by atoms with Crippen molar-refractivity contribution >= 4 is 23.8 Å². The zero-order chi connectivity index (χ0) is 20.0. The number of esters is 1. The van der Waals surface area contributed by atoms with Gasteiger partial charge in [0.1, 0.15) is 12.3 Å². The van der Waals surface area contributed by atoms with E-state index in [1.165, 1.54) is 31.2 Å². The van der Waals surface area contributed by atoms with E-state index >= 15 is 0 Å². The summed E-state index contributed by atoms with van der Waals surface area (Å²) in [7, 11) is 0. The van der Waals surface area contributed by atoms with Crippen LogP contribution in [0.4, 0.5) is 13.6 Å². The molecule has 1 aliphatic rings. The highest BCUT2D eigenvalue weighted by Gasteiger charge is 2.31. The number of halogens is 2. The Kier molecular flexibility index (Phi) is 6.63. The lowest BCUT2D eigenvalue weighted by Crippen LogP contribution is -2.43. The third kappa shape index (κ3) is 5.36. The molecule has 146 valence electrons. The van der Waals surface area contributed by atoms with Crippen LogP contribution in [0.25, 0.3) is 0 Å². The number of rotatable bonds is 7. The van der Waals surface area contributed by atoms with Crippen LogP contribution in [0.3, 0.4) is 0 Å². The fourth-order valence-electron chi connectivity index (χ4n) is 2.29. The van der Waals surface area contributed by atoms with Gasteiger partial charge in [0, 0.05) is 13.1 Å². The Balaban J connectivity index is 1.87. The van der Waals surface area contributed by atoms with Crippen LogP contribution in [0.5, 0.6) is 5.75 Å². The van der Waals surface area contributed by atoms with E-state index in [-0.39, 0.29) is 17.9 Å². The van der Waals surface area contributed by atoms with E-state index in [4.69, 9.17) is 4.74 Å². The number of nitrogens with one attached hydrogen (secondary N) is 2. The molecule has 1 fully saturated rings. The van der Waals surface area contributed by atoms with Crippen LogP contribution in [0.2, 0.25) is 0 Å². The standard InChI is InChI=1S/C16H17F2N3O6/c1-9(14(24)21-7-6-19-16(21)25)26-12(22)8-20-13(23)10-4-2-3-5-11(10)27-15(17)18/h2-5,9,15H,6-8H2,1H3,(H,19,25)(H,20,23)/t9-/m1/s1. The van der Waals surface area contributed by atoms with Crippen molar-refractivity contribution in [3.63, 3.8) is 0 Å². The van der Waals surface area contributed by atoms with E-state index in [1.54, 1.807) is 0 Å². The number of hydrogen-bond acceptors (Lipinski definition) is 6. The molecule has 9 nitrogen and oxygen atoms in total. The second-order valence-corrected chi connectivity index (χ2v) is 5.41. The summed E-state index contributed by atoms with van der Waals surface area (Å²) < 4.78 is 33.8. The molecule has 0 saturated carbocycles. The zero-order valence-electron chi connectivity index (χ0n) is 14.2. The number of alkyl halides is 2. The van der Waals surface area contributed by atoms with E-state index in [1.807, 2.05) is 0 Å². The minimum absolute atomic E-state index is 0.164. The summed E-state index contributed by atoms with van der Waals surface area (Å²) in [6, 6.07) is 4.70. The number of para-hydroxylation sites is 1. The maximum absolute atomic E-state index is 12.4. The zero-order valence-corrected chi connectivity index (χ0v) is 14.2. The van der Waals surface area contributed by atoms with Gasteiger partial charge in [-0.1, -0.05) is 12.1 Å². The topological polar surface area (TPSA) is 114 Å². The van der Waals surface area contributed by atoms with Gasteiger partial charge in [0.05, 0.1) is 5.56 Å². The Morgan fingerprint density at radius 1 is 1.30 bits per heavy atom. The van der Waals surface area contributed by atoms with Gasteiger partial charge in [-0.05, 0) is 19.1 Å². The quantitative estimate of drug-likeness (QED) is 0.661. The number of nitrogens with zero attached hydrogens (tertiary/aromatic N) is 1. The molecule has 1 aromatic carbocycles. The van der Waals surface area contributed by atoms with E-state index in [0.717, 1.165) is 4.90 Å². The molecule has 1 aliphatic heterocycles. The molecule has 1 saturated heterocycles. The summed E-state index contributed by atoms with van der Waals surface area (Å²) in [6.45, 7) is -1.96. The number of carbonyl (C=O) groups is 4. The van der Waals surface area contributed by atoms with Gasteiger partial charge in [-0.2, -0.15) is 8.78 Å². The van der Waals surface area contributed by atoms with Crippen LogP contribution in [0.1, 0.15) is 17.3 Å². The lowest BCUT2D eigenvalue weighted by molar-refractivity contribution is -0.156. The predicted molar refractivity (Wildman–Crippen MR) is 86.1 cm³/mol. The van der Waals surface area contributed by atoms with Crippen molar-refractivity contribution in [3.05, 3.63) is 29.8 Å². The van der Waals surface area contributed by atoms with Gasteiger partial charge in [0.15, 0.2) is 6.10 Å². The second-order valence-electron chi connectivity index (χ2n) is 5.41. The van der Waals surface area contributed by atoms with Gasteiger partial charge < -0.3 is 20.1 Å². The molecule has 27 heavy (non-hydrogen) atoms. The first-order valence-corrected chi connectivity index (χ1v) is 7.90. The molecule has 4 amide bonds. The number of imide groups is 1. The second kappa shape index (κ2) is 8.92. The van der Waals surface area contributed by atoms with Crippen LogP contribution in [0.15, 0.2) is 24.3 Å². The third-order valence-electron chi connectivity index (χ3n) is 3.52. The molecule has 11 heteroatoms. The summed E-state index contributed by atoms with van der Waals surface area (Å²) in [6.07, 6.45) is -1.23. The Hall–Kier alpha value is -3.24. The first-order valence-electron chi connectivity index (χ1n) is 7.90. The summed E-state index contributed by atoms with van der Waals surface area (Å²) in [5, 5.41) is 4.63. The van der Waals surface area contributed by atoms with E-state index in [0.29, 0.717) is 6.54 Å². The predicted octanol–water partition coefficient (Wildman–Crippen LogP) is 0.501. The summed E-state index contributed by atoms with van der Waals surface area (Å²) in [5.41, 5.74) is -0.191. The van der Waals surface area contributed by atoms with Crippen molar-refractivity contribution in [1.29, 1.82) is 0 Å². The average molecular weight is 385 g/mol. The molecule has 0 unspecified atom stereocenters. The van der Waals surface area contributed by atoms with Crippen molar-refractivity contribution < 1.29 is 37.4 Å². The Morgan fingerprint density at radius 2 is 2.00 bits per heavy atom. The minimum Gasteiger partial charge on any atom is -0.451 e.